The van der Waals surface area contributed by atoms with Crippen LogP contribution in [0, 0.1) is 5.92 Å². The zero-order valence-corrected chi connectivity index (χ0v) is 11.4. The highest BCUT2D eigenvalue weighted by Gasteiger charge is 2.36. The first-order chi connectivity index (χ1) is 9.29. The fourth-order valence-electron chi connectivity index (χ4n) is 2.12. The third-order valence-electron chi connectivity index (χ3n) is 3.26. The Balaban J connectivity index is 1.80. The fraction of sp³-hybridized carbons (Fsp3) is 0.500. The van der Waals surface area contributed by atoms with Gasteiger partial charge in [-0.1, -0.05) is 0 Å². The molecule has 100 valence electrons. The molecule has 7 heteroatoms. The number of carbonyl (C=O) groups excluding carboxylic acids is 1. The van der Waals surface area contributed by atoms with Gasteiger partial charge in [-0.3, -0.25) is 9.78 Å². The average molecular weight is 277 g/mol. The third kappa shape index (κ3) is 2.51. The molecule has 1 fully saturated rings. The number of carbonyl (C=O) groups is 1. The molecular formula is C12H15N5OS. The van der Waals surface area contributed by atoms with Crippen molar-refractivity contribution in [3.05, 3.63) is 28.7 Å². The van der Waals surface area contributed by atoms with Crippen molar-refractivity contribution in [2.24, 2.45) is 5.92 Å². The molecular weight excluding hydrogens is 262 g/mol. The summed E-state index contributed by atoms with van der Waals surface area (Å²) in [5.74, 6) is 1.25. The van der Waals surface area contributed by atoms with Crippen LogP contribution in [0.1, 0.15) is 41.3 Å². The van der Waals surface area contributed by atoms with E-state index in [4.69, 9.17) is 0 Å². The maximum absolute atomic E-state index is 12.1. The summed E-state index contributed by atoms with van der Waals surface area (Å²) in [6.45, 7) is 2.78. The first-order valence-corrected chi connectivity index (χ1v) is 7.24. The van der Waals surface area contributed by atoms with Crippen LogP contribution in [-0.2, 0) is 6.54 Å². The van der Waals surface area contributed by atoms with Gasteiger partial charge in [0.05, 0.1) is 17.7 Å². The average Bonchev–Trinajstić information content (AvgIpc) is 2.95. The summed E-state index contributed by atoms with van der Waals surface area (Å²) in [5, 5.41) is 7.25. The molecule has 19 heavy (non-hydrogen) atoms. The quantitative estimate of drug-likeness (QED) is 0.901. The molecule has 3 rings (SSSR count). The molecule has 0 aliphatic heterocycles. The van der Waals surface area contributed by atoms with E-state index in [1.807, 2.05) is 11.6 Å². The topological polar surface area (TPSA) is 72.7 Å². The molecule has 1 atom stereocenters. The molecule has 0 unspecified atom stereocenters. The molecule has 2 aromatic rings. The molecule has 1 aliphatic rings. The number of nitrogens with zero attached hydrogens (tertiary/aromatic N) is 4. The number of hydrogen-bond donors (Lipinski definition) is 1. The van der Waals surface area contributed by atoms with Gasteiger partial charge >= 0.3 is 0 Å². The molecule has 0 spiro atoms. The predicted molar refractivity (Wildman–Crippen MR) is 70.7 cm³/mol. The lowest BCUT2D eigenvalue weighted by atomic mass is 10.1. The summed E-state index contributed by atoms with van der Waals surface area (Å²) in [6.07, 6.45) is 5.40. The second-order valence-electron chi connectivity index (χ2n) is 4.59. The van der Waals surface area contributed by atoms with Crippen molar-refractivity contribution in [3.8, 4) is 0 Å². The SMILES string of the molecule is CCn1ncnc1[C@@H](NC(=O)c1cncs1)C1CC1. The number of nitrogens with one attached hydrogen (secondary N) is 1. The number of aryl methyl sites for hydroxylation is 1. The molecule has 6 nitrogen and oxygen atoms in total. The van der Waals surface area contributed by atoms with Gasteiger partial charge < -0.3 is 5.32 Å². The first-order valence-electron chi connectivity index (χ1n) is 6.36. The van der Waals surface area contributed by atoms with Crippen LogP contribution in [0.15, 0.2) is 18.0 Å². The van der Waals surface area contributed by atoms with Crippen molar-refractivity contribution >= 4 is 17.2 Å². The lowest BCUT2D eigenvalue weighted by Gasteiger charge is -2.17. The minimum atomic E-state index is -0.0787. The smallest absolute Gasteiger partial charge is 0.263 e. The zero-order valence-electron chi connectivity index (χ0n) is 10.6. The Morgan fingerprint density at radius 1 is 1.63 bits per heavy atom. The van der Waals surface area contributed by atoms with Crippen LogP contribution in [0.3, 0.4) is 0 Å². The Kier molecular flexibility index (Phi) is 3.29. The summed E-state index contributed by atoms with van der Waals surface area (Å²) >= 11 is 1.35. The number of thiazole rings is 1. The maximum Gasteiger partial charge on any atom is 0.263 e. The van der Waals surface area contributed by atoms with Gasteiger partial charge in [0, 0.05) is 6.54 Å². The highest BCUT2D eigenvalue weighted by atomic mass is 32.1. The Morgan fingerprint density at radius 3 is 3.11 bits per heavy atom. The van der Waals surface area contributed by atoms with Gasteiger partial charge in [-0.25, -0.2) is 9.67 Å². The number of aromatic nitrogens is 4. The van der Waals surface area contributed by atoms with Crippen molar-refractivity contribution in [2.75, 3.05) is 0 Å². The molecule has 0 radical (unpaired) electrons. The lowest BCUT2D eigenvalue weighted by Crippen LogP contribution is -2.31. The third-order valence-corrected chi connectivity index (χ3v) is 4.03. The van der Waals surface area contributed by atoms with Crippen molar-refractivity contribution in [1.82, 2.24) is 25.1 Å². The van der Waals surface area contributed by atoms with Crippen LogP contribution >= 0.6 is 11.3 Å². The summed E-state index contributed by atoms with van der Waals surface area (Å²) < 4.78 is 1.84. The number of hydrogen-bond acceptors (Lipinski definition) is 5. The van der Waals surface area contributed by atoms with Gasteiger partial charge in [0.1, 0.15) is 17.0 Å². The molecule has 1 amide bonds. The molecule has 1 N–H and O–H groups in total. The second-order valence-corrected chi connectivity index (χ2v) is 5.47. The summed E-state index contributed by atoms with van der Waals surface area (Å²) in [5.41, 5.74) is 1.66. The van der Waals surface area contributed by atoms with Gasteiger partial charge in [0.25, 0.3) is 5.91 Å². The van der Waals surface area contributed by atoms with E-state index in [2.05, 4.69) is 20.4 Å². The van der Waals surface area contributed by atoms with Crippen molar-refractivity contribution in [1.29, 1.82) is 0 Å². The van der Waals surface area contributed by atoms with Crippen LogP contribution in [0.5, 0.6) is 0 Å². The molecule has 1 aliphatic carbocycles. The van der Waals surface area contributed by atoms with Gasteiger partial charge in [-0.15, -0.1) is 11.3 Å². The van der Waals surface area contributed by atoms with Crippen LogP contribution in [0.4, 0.5) is 0 Å². The normalized spacial score (nSPS) is 16.3. The molecule has 2 heterocycles. The van der Waals surface area contributed by atoms with E-state index in [1.54, 1.807) is 18.0 Å². The maximum atomic E-state index is 12.1. The largest absolute Gasteiger partial charge is 0.341 e. The van der Waals surface area contributed by atoms with Crippen molar-refractivity contribution < 1.29 is 4.79 Å². The van der Waals surface area contributed by atoms with Gasteiger partial charge in [-0.05, 0) is 25.7 Å². The highest BCUT2D eigenvalue weighted by molar-refractivity contribution is 7.11. The van der Waals surface area contributed by atoms with Gasteiger partial charge in [0.15, 0.2) is 0 Å². The lowest BCUT2D eigenvalue weighted by molar-refractivity contribution is 0.0932. The standard InChI is InChI=1S/C12H15N5OS/c1-2-17-11(14-6-15-17)10(8-3-4-8)16-12(18)9-5-13-7-19-9/h5-8,10H,2-4H2,1H3,(H,16,18)/t10-/m0/s1. The van der Waals surface area contributed by atoms with E-state index in [9.17, 15) is 4.79 Å². The highest BCUT2D eigenvalue weighted by Crippen LogP contribution is 2.40. The Hall–Kier alpha value is -1.76. The van der Waals surface area contributed by atoms with E-state index in [0.29, 0.717) is 10.8 Å². The molecule has 0 bridgehead atoms. The van der Waals surface area contributed by atoms with Crippen LogP contribution in [0.25, 0.3) is 0 Å². The molecule has 0 saturated heterocycles. The van der Waals surface area contributed by atoms with E-state index >= 15 is 0 Å². The van der Waals surface area contributed by atoms with E-state index in [1.165, 1.54) is 11.3 Å². The van der Waals surface area contributed by atoms with E-state index in [0.717, 1.165) is 25.2 Å². The second kappa shape index (κ2) is 5.08. The van der Waals surface area contributed by atoms with Crippen LogP contribution in [-0.4, -0.2) is 25.7 Å². The first kappa shape index (κ1) is 12.3. The van der Waals surface area contributed by atoms with E-state index in [-0.39, 0.29) is 11.9 Å². The van der Waals surface area contributed by atoms with Crippen LogP contribution < -0.4 is 5.32 Å². The van der Waals surface area contributed by atoms with Crippen LogP contribution in [0.2, 0.25) is 0 Å². The number of rotatable bonds is 5. The summed E-state index contributed by atoms with van der Waals surface area (Å²) in [4.78, 5) is 21.0. The Morgan fingerprint density at radius 2 is 2.47 bits per heavy atom. The van der Waals surface area contributed by atoms with Crippen molar-refractivity contribution in [3.63, 3.8) is 0 Å². The van der Waals surface area contributed by atoms with E-state index < -0.39 is 0 Å². The van der Waals surface area contributed by atoms with Crippen molar-refractivity contribution in [2.45, 2.75) is 32.4 Å². The molecule has 2 aromatic heterocycles. The van der Waals surface area contributed by atoms with Gasteiger partial charge in [-0.2, -0.15) is 5.10 Å². The zero-order chi connectivity index (χ0) is 13.2. The fourth-order valence-corrected chi connectivity index (χ4v) is 2.64. The summed E-state index contributed by atoms with van der Waals surface area (Å²) in [6, 6.07) is -0.0444. The Labute approximate surface area is 114 Å². The molecule has 1 saturated carbocycles. The number of amides is 1. The van der Waals surface area contributed by atoms with Gasteiger partial charge in [0.2, 0.25) is 0 Å². The Bertz CT molecular complexity index is 560. The molecule has 0 aromatic carbocycles. The monoisotopic (exact) mass is 277 g/mol. The predicted octanol–water partition coefficient (Wildman–Crippen LogP) is 1.64. The minimum Gasteiger partial charge on any atom is -0.341 e. The minimum absolute atomic E-state index is 0.0444. The summed E-state index contributed by atoms with van der Waals surface area (Å²) in [7, 11) is 0.